The van der Waals surface area contributed by atoms with E-state index in [9.17, 15) is 9.90 Å². The number of urea groups is 1. The molecule has 23 heavy (non-hydrogen) atoms. The Bertz CT molecular complexity index is 501. The van der Waals surface area contributed by atoms with E-state index < -0.39 is 5.60 Å². The number of aliphatic hydroxyl groups is 1. The predicted molar refractivity (Wildman–Crippen MR) is 96.6 cm³/mol. The van der Waals surface area contributed by atoms with Gasteiger partial charge < -0.3 is 15.3 Å². The van der Waals surface area contributed by atoms with Crippen LogP contribution in [0.4, 0.5) is 4.79 Å². The van der Waals surface area contributed by atoms with Crippen LogP contribution in [0.3, 0.4) is 0 Å². The molecule has 128 valence electrons. The first kappa shape index (κ1) is 18.1. The molecule has 0 heterocycles. The maximum Gasteiger partial charge on any atom is 0.318 e. The lowest BCUT2D eigenvalue weighted by atomic mass is 10.1. The molecule has 0 bridgehead atoms. The van der Waals surface area contributed by atoms with Crippen molar-refractivity contribution in [3.8, 4) is 0 Å². The number of thioether (sulfide) groups is 1. The molecule has 1 aliphatic carbocycles. The van der Waals surface area contributed by atoms with Crippen molar-refractivity contribution in [1.82, 2.24) is 10.2 Å². The van der Waals surface area contributed by atoms with Crippen LogP contribution in [0, 0.1) is 0 Å². The standard InChI is InChI=1S/C18H28N2O2S/c1-18(2,22)13-20(12-14-7-5-4-6-8-14)17(21)19-15-9-10-16(11-15)23-3/h4-8,15-16,22H,9-13H2,1-3H3,(H,19,21). The summed E-state index contributed by atoms with van der Waals surface area (Å²) in [6.07, 6.45) is 5.37. The van der Waals surface area contributed by atoms with Crippen molar-refractivity contribution in [1.29, 1.82) is 0 Å². The van der Waals surface area contributed by atoms with Gasteiger partial charge in [0, 0.05) is 17.8 Å². The number of amides is 2. The molecule has 1 aromatic carbocycles. The Kier molecular flexibility index (Phi) is 6.36. The molecule has 0 aromatic heterocycles. The smallest absolute Gasteiger partial charge is 0.318 e. The quantitative estimate of drug-likeness (QED) is 0.838. The second-order valence-electron chi connectivity index (χ2n) is 6.97. The summed E-state index contributed by atoms with van der Waals surface area (Å²) >= 11 is 1.88. The van der Waals surface area contributed by atoms with Crippen molar-refractivity contribution < 1.29 is 9.90 Å². The van der Waals surface area contributed by atoms with E-state index in [1.54, 1.807) is 18.7 Å². The number of rotatable bonds is 6. The first-order valence-electron chi connectivity index (χ1n) is 8.22. The summed E-state index contributed by atoms with van der Waals surface area (Å²) in [6, 6.07) is 10.1. The number of carbonyl (C=O) groups excluding carboxylic acids is 1. The Labute approximate surface area is 143 Å². The Balaban J connectivity index is 1.99. The third-order valence-electron chi connectivity index (χ3n) is 4.13. The molecule has 0 spiro atoms. The van der Waals surface area contributed by atoms with E-state index in [-0.39, 0.29) is 12.1 Å². The summed E-state index contributed by atoms with van der Waals surface area (Å²) in [7, 11) is 0. The Hall–Kier alpha value is -1.20. The Morgan fingerprint density at radius 2 is 2.04 bits per heavy atom. The highest BCUT2D eigenvalue weighted by atomic mass is 32.2. The zero-order chi connectivity index (χ0) is 16.9. The van der Waals surface area contributed by atoms with E-state index in [4.69, 9.17) is 0 Å². The fourth-order valence-corrected chi connectivity index (χ4v) is 3.82. The minimum absolute atomic E-state index is 0.0808. The van der Waals surface area contributed by atoms with Crippen LogP contribution in [0.5, 0.6) is 0 Å². The van der Waals surface area contributed by atoms with Gasteiger partial charge in [0.1, 0.15) is 0 Å². The average molecular weight is 337 g/mol. The summed E-state index contributed by atoms with van der Waals surface area (Å²) in [6.45, 7) is 4.29. The van der Waals surface area contributed by atoms with Crippen molar-refractivity contribution in [2.24, 2.45) is 0 Å². The highest BCUT2D eigenvalue weighted by Gasteiger charge is 2.28. The van der Waals surface area contributed by atoms with Crippen LogP contribution in [0.15, 0.2) is 30.3 Å². The number of nitrogens with one attached hydrogen (secondary N) is 1. The first-order chi connectivity index (χ1) is 10.9. The fourth-order valence-electron chi connectivity index (χ4n) is 3.02. The number of benzene rings is 1. The van der Waals surface area contributed by atoms with Gasteiger partial charge in [-0.05, 0) is 44.9 Å². The van der Waals surface area contributed by atoms with E-state index in [0.29, 0.717) is 18.3 Å². The van der Waals surface area contributed by atoms with Gasteiger partial charge in [-0.1, -0.05) is 30.3 Å². The van der Waals surface area contributed by atoms with Gasteiger partial charge in [-0.3, -0.25) is 0 Å². The molecule has 0 aliphatic heterocycles. The lowest BCUT2D eigenvalue weighted by Gasteiger charge is -2.30. The lowest BCUT2D eigenvalue weighted by molar-refractivity contribution is 0.0442. The van der Waals surface area contributed by atoms with Crippen molar-refractivity contribution in [3.63, 3.8) is 0 Å². The molecule has 1 aliphatic rings. The molecule has 2 N–H and O–H groups in total. The topological polar surface area (TPSA) is 52.6 Å². The molecule has 5 heteroatoms. The molecular weight excluding hydrogens is 308 g/mol. The minimum Gasteiger partial charge on any atom is -0.389 e. The van der Waals surface area contributed by atoms with Gasteiger partial charge in [0.05, 0.1) is 12.1 Å². The van der Waals surface area contributed by atoms with Crippen LogP contribution in [0.25, 0.3) is 0 Å². The van der Waals surface area contributed by atoms with Crippen LogP contribution >= 0.6 is 11.8 Å². The second kappa shape index (κ2) is 8.06. The largest absolute Gasteiger partial charge is 0.389 e. The van der Waals surface area contributed by atoms with Crippen molar-refractivity contribution in [2.75, 3.05) is 12.8 Å². The number of carbonyl (C=O) groups is 1. The normalized spacial score (nSPS) is 21.2. The highest BCUT2D eigenvalue weighted by molar-refractivity contribution is 7.99. The van der Waals surface area contributed by atoms with Crippen LogP contribution in [0.2, 0.25) is 0 Å². The summed E-state index contributed by atoms with van der Waals surface area (Å²) < 4.78 is 0. The molecule has 1 aromatic rings. The summed E-state index contributed by atoms with van der Waals surface area (Å²) in [5, 5.41) is 13.9. The summed E-state index contributed by atoms with van der Waals surface area (Å²) in [4.78, 5) is 14.4. The Morgan fingerprint density at radius 1 is 1.35 bits per heavy atom. The molecule has 2 atom stereocenters. The van der Waals surface area contributed by atoms with E-state index in [1.807, 2.05) is 42.1 Å². The van der Waals surface area contributed by atoms with Crippen LogP contribution in [0.1, 0.15) is 38.7 Å². The molecule has 1 fully saturated rings. The third kappa shape index (κ3) is 6.07. The molecule has 4 nitrogen and oxygen atoms in total. The fraction of sp³-hybridized carbons (Fsp3) is 0.611. The molecule has 1 saturated carbocycles. The maximum atomic E-state index is 12.7. The lowest BCUT2D eigenvalue weighted by Crippen LogP contribution is -2.48. The predicted octanol–water partition coefficient (Wildman–Crippen LogP) is 3.25. The van der Waals surface area contributed by atoms with Crippen LogP contribution in [-0.2, 0) is 6.54 Å². The molecule has 2 rings (SSSR count). The summed E-state index contributed by atoms with van der Waals surface area (Å²) in [5.74, 6) is 0. The highest BCUT2D eigenvalue weighted by Crippen LogP contribution is 2.28. The number of nitrogens with zero attached hydrogens (tertiary/aromatic N) is 1. The van der Waals surface area contributed by atoms with E-state index in [0.717, 1.165) is 24.8 Å². The number of hydrogen-bond donors (Lipinski definition) is 2. The molecule has 0 radical (unpaired) electrons. The third-order valence-corrected chi connectivity index (χ3v) is 5.22. The van der Waals surface area contributed by atoms with Crippen molar-refractivity contribution >= 4 is 17.8 Å². The van der Waals surface area contributed by atoms with Gasteiger partial charge in [0.2, 0.25) is 0 Å². The zero-order valence-corrected chi connectivity index (χ0v) is 15.1. The van der Waals surface area contributed by atoms with E-state index in [1.165, 1.54) is 0 Å². The van der Waals surface area contributed by atoms with Gasteiger partial charge in [0.25, 0.3) is 0 Å². The van der Waals surface area contributed by atoms with Gasteiger partial charge in [0.15, 0.2) is 0 Å². The minimum atomic E-state index is -0.913. The molecule has 2 amide bonds. The SMILES string of the molecule is CSC1CCC(NC(=O)N(Cc2ccccc2)CC(C)(C)O)C1. The van der Waals surface area contributed by atoms with E-state index in [2.05, 4.69) is 11.6 Å². The van der Waals surface area contributed by atoms with Gasteiger partial charge in [-0.25, -0.2) is 4.79 Å². The van der Waals surface area contributed by atoms with Crippen LogP contribution in [-0.4, -0.2) is 45.7 Å². The molecular formula is C18H28N2O2S. The van der Waals surface area contributed by atoms with Crippen LogP contribution < -0.4 is 5.32 Å². The van der Waals surface area contributed by atoms with Crippen molar-refractivity contribution in [2.45, 2.75) is 56.5 Å². The monoisotopic (exact) mass is 336 g/mol. The van der Waals surface area contributed by atoms with Crippen molar-refractivity contribution in [3.05, 3.63) is 35.9 Å². The molecule has 2 unspecified atom stereocenters. The van der Waals surface area contributed by atoms with Gasteiger partial charge >= 0.3 is 6.03 Å². The maximum absolute atomic E-state index is 12.7. The number of hydrogen-bond acceptors (Lipinski definition) is 3. The Morgan fingerprint density at radius 3 is 2.61 bits per heavy atom. The zero-order valence-electron chi connectivity index (χ0n) is 14.3. The second-order valence-corrected chi connectivity index (χ2v) is 8.11. The average Bonchev–Trinajstić information content (AvgIpc) is 2.94. The van der Waals surface area contributed by atoms with E-state index >= 15 is 0 Å². The molecule has 0 saturated heterocycles. The summed E-state index contributed by atoms with van der Waals surface area (Å²) in [5.41, 5.74) is 0.157. The van der Waals surface area contributed by atoms with Gasteiger partial charge in [-0.15, -0.1) is 0 Å². The first-order valence-corrected chi connectivity index (χ1v) is 9.51. The van der Waals surface area contributed by atoms with Gasteiger partial charge in [-0.2, -0.15) is 11.8 Å².